The topological polar surface area (TPSA) is 94.6 Å². The van der Waals surface area contributed by atoms with E-state index in [9.17, 15) is 9.59 Å². The first kappa shape index (κ1) is 21.8. The van der Waals surface area contributed by atoms with Crippen molar-refractivity contribution in [3.8, 4) is 0 Å². The van der Waals surface area contributed by atoms with Gasteiger partial charge in [-0.3, -0.25) is 14.9 Å². The van der Waals surface area contributed by atoms with Crippen LogP contribution < -0.4 is 15.5 Å². The Labute approximate surface area is 187 Å². The van der Waals surface area contributed by atoms with Crippen LogP contribution in [-0.2, 0) is 4.79 Å². The van der Waals surface area contributed by atoms with Gasteiger partial charge in [-0.05, 0) is 49.9 Å². The van der Waals surface area contributed by atoms with Crippen LogP contribution in [0.2, 0.25) is 5.02 Å². The number of carbonyl (C=O) groups is 2. The predicted molar refractivity (Wildman–Crippen MR) is 122 cm³/mol. The molecule has 1 saturated carbocycles. The zero-order valence-electron chi connectivity index (χ0n) is 17.7. The van der Waals surface area contributed by atoms with Gasteiger partial charge in [-0.1, -0.05) is 30.9 Å². The first-order chi connectivity index (χ1) is 14.9. The fourth-order valence-electron chi connectivity index (χ4n) is 4.49. The number of carbonyl (C=O) groups excluding carboxylic acids is 1. The lowest BCUT2D eigenvalue weighted by atomic mass is 9.89. The normalized spacial score (nSPS) is 18.6. The zero-order valence-corrected chi connectivity index (χ0v) is 18.5. The Hall–Kier alpha value is -2.38. The van der Waals surface area contributed by atoms with Crippen LogP contribution in [-0.4, -0.2) is 53.7 Å². The molecule has 1 aromatic carbocycles. The molecule has 1 aromatic heterocycles. The summed E-state index contributed by atoms with van der Waals surface area (Å²) in [7, 11) is 0. The largest absolute Gasteiger partial charge is 0.480 e. The summed E-state index contributed by atoms with van der Waals surface area (Å²) in [5, 5.41) is 16.4. The van der Waals surface area contributed by atoms with Crippen molar-refractivity contribution < 1.29 is 14.7 Å². The molecule has 2 fully saturated rings. The average molecular weight is 445 g/mol. The SMILES string of the molecule is C[C@H](NC1CN(c2ccc3c(C(=O)NCC4CCCCC4)c(Cl)ccc3n2)C1)C(=O)O. The molecule has 31 heavy (non-hydrogen) atoms. The van der Waals surface area contributed by atoms with Crippen LogP contribution in [0.4, 0.5) is 5.82 Å². The number of pyridine rings is 1. The summed E-state index contributed by atoms with van der Waals surface area (Å²) in [6.45, 7) is 3.72. The van der Waals surface area contributed by atoms with E-state index in [0.29, 0.717) is 36.1 Å². The van der Waals surface area contributed by atoms with Crippen LogP contribution in [0.3, 0.4) is 0 Å². The number of nitrogens with zero attached hydrogens (tertiary/aromatic N) is 2. The summed E-state index contributed by atoms with van der Waals surface area (Å²) in [5.41, 5.74) is 1.20. The van der Waals surface area contributed by atoms with Crippen molar-refractivity contribution in [2.75, 3.05) is 24.5 Å². The van der Waals surface area contributed by atoms with Crippen molar-refractivity contribution >= 4 is 40.2 Å². The van der Waals surface area contributed by atoms with Gasteiger partial charge in [0, 0.05) is 31.1 Å². The summed E-state index contributed by atoms with van der Waals surface area (Å²) in [6.07, 6.45) is 6.12. The highest BCUT2D eigenvalue weighted by molar-refractivity contribution is 6.35. The maximum atomic E-state index is 12.9. The lowest BCUT2D eigenvalue weighted by Gasteiger charge is -2.41. The lowest BCUT2D eigenvalue weighted by molar-refractivity contribution is -0.139. The molecule has 4 rings (SSSR count). The van der Waals surface area contributed by atoms with Crippen LogP contribution in [0.1, 0.15) is 49.4 Å². The van der Waals surface area contributed by atoms with Crippen LogP contribution in [0.15, 0.2) is 24.3 Å². The van der Waals surface area contributed by atoms with E-state index in [1.54, 1.807) is 13.0 Å². The van der Waals surface area contributed by atoms with Crippen molar-refractivity contribution in [3.05, 3.63) is 34.9 Å². The fraction of sp³-hybridized carbons (Fsp3) is 0.522. The monoisotopic (exact) mass is 444 g/mol. The highest BCUT2D eigenvalue weighted by atomic mass is 35.5. The van der Waals surface area contributed by atoms with Crippen molar-refractivity contribution in [2.45, 2.75) is 51.1 Å². The Morgan fingerprint density at radius 1 is 1.19 bits per heavy atom. The number of carboxylic acids is 1. The Kier molecular flexibility index (Phi) is 6.62. The Morgan fingerprint density at radius 3 is 2.65 bits per heavy atom. The Balaban J connectivity index is 1.44. The zero-order chi connectivity index (χ0) is 22.0. The van der Waals surface area contributed by atoms with E-state index in [1.807, 2.05) is 18.2 Å². The second-order valence-electron chi connectivity index (χ2n) is 8.70. The molecule has 1 amide bonds. The van der Waals surface area contributed by atoms with E-state index in [2.05, 4.69) is 15.5 Å². The Morgan fingerprint density at radius 2 is 1.94 bits per heavy atom. The maximum Gasteiger partial charge on any atom is 0.320 e. The molecule has 166 valence electrons. The molecular formula is C23H29ClN4O3. The average Bonchev–Trinajstić information content (AvgIpc) is 2.74. The van der Waals surface area contributed by atoms with E-state index < -0.39 is 12.0 Å². The molecule has 0 unspecified atom stereocenters. The molecule has 2 aliphatic rings. The molecule has 3 N–H and O–H groups in total. The minimum atomic E-state index is -0.853. The van der Waals surface area contributed by atoms with Gasteiger partial charge in [-0.2, -0.15) is 0 Å². The number of anilines is 1. The Bertz CT molecular complexity index is 971. The molecule has 1 aliphatic carbocycles. The molecule has 7 nitrogen and oxygen atoms in total. The number of fused-ring (bicyclic) bond motifs is 1. The number of amides is 1. The van der Waals surface area contributed by atoms with E-state index in [0.717, 1.165) is 16.7 Å². The number of aliphatic carboxylic acids is 1. The third-order valence-electron chi connectivity index (χ3n) is 6.37. The fourth-order valence-corrected chi connectivity index (χ4v) is 4.74. The van der Waals surface area contributed by atoms with Gasteiger partial charge in [0.15, 0.2) is 0 Å². The van der Waals surface area contributed by atoms with Crippen LogP contribution >= 0.6 is 11.6 Å². The number of hydrogen-bond donors (Lipinski definition) is 3. The van der Waals surface area contributed by atoms with Crippen LogP contribution in [0, 0.1) is 5.92 Å². The first-order valence-electron chi connectivity index (χ1n) is 11.0. The maximum absolute atomic E-state index is 12.9. The van der Waals surface area contributed by atoms with Crippen molar-refractivity contribution in [3.63, 3.8) is 0 Å². The molecule has 1 aliphatic heterocycles. The second-order valence-corrected chi connectivity index (χ2v) is 9.11. The van der Waals surface area contributed by atoms with Gasteiger partial charge < -0.3 is 15.3 Å². The minimum Gasteiger partial charge on any atom is -0.480 e. The molecule has 2 heterocycles. The highest BCUT2D eigenvalue weighted by Crippen LogP contribution is 2.29. The first-order valence-corrected chi connectivity index (χ1v) is 11.4. The highest BCUT2D eigenvalue weighted by Gasteiger charge is 2.30. The predicted octanol–water partition coefficient (Wildman–Crippen LogP) is 3.45. The summed E-state index contributed by atoms with van der Waals surface area (Å²) < 4.78 is 0. The molecule has 0 radical (unpaired) electrons. The van der Waals surface area contributed by atoms with E-state index in [4.69, 9.17) is 21.7 Å². The van der Waals surface area contributed by atoms with E-state index in [1.165, 1.54) is 32.1 Å². The summed E-state index contributed by atoms with van der Waals surface area (Å²) in [4.78, 5) is 30.7. The van der Waals surface area contributed by atoms with Gasteiger partial charge >= 0.3 is 5.97 Å². The minimum absolute atomic E-state index is 0.120. The molecule has 1 saturated heterocycles. The molecule has 0 bridgehead atoms. The third-order valence-corrected chi connectivity index (χ3v) is 6.69. The number of benzene rings is 1. The third kappa shape index (κ3) is 4.93. The standard InChI is InChI=1S/C23H29ClN4O3/c1-14(23(30)31)26-16-12-28(13-16)20-10-7-17-19(27-20)9-8-18(24)21(17)22(29)25-11-15-5-3-2-4-6-15/h7-10,14-16,26H,2-6,11-13H2,1H3,(H,25,29)(H,30,31)/t14-/m0/s1. The number of halogens is 1. The number of nitrogens with one attached hydrogen (secondary N) is 2. The van der Waals surface area contributed by atoms with Gasteiger partial charge in [-0.25, -0.2) is 4.98 Å². The van der Waals surface area contributed by atoms with Crippen LogP contribution in [0.25, 0.3) is 10.9 Å². The number of aromatic nitrogens is 1. The van der Waals surface area contributed by atoms with E-state index in [-0.39, 0.29) is 11.9 Å². The van der Waals surface area contributed by atoms with Gasteiger partial charge in [0.2, 0.25) is 0 Å². The van der Waals surface area contributed by atoms with E-state index >= 15 is 0 Å². The molecule has 0 spiro atoms. The number of carboxylic acid groups (broad SMARTS) is 1. The second kappa shape index (κ2) is 9.40. The number of hydrogen-bond acceptors (Lipinski definition) is 5. The van der Waals surface area contributed by atoms with Gasteiger partial charge in [-0.15, -0.1) is 0 Å². The van der Waals surface area contributed by atoms with Crippen molar-refractivity contribution in [1.82, 2.24) is 15.6 Å². The summed E-state index contributed by atoms with van der Waals surface area (Å²) in [6, 6.07) is 6.91. The quantitative estimate of drug-likeness (QED) is 0.605. The molecular weight excluding hydrogens is 416 g/mol. The lowest BCUT2D eigenvalue weighted by Crippen LogP contribution is -2.61. The van der Waals surface area contributed by atoms with Crippen LogP contribution in [0.5, 0.6) is 0 Å². The summed E-state index contributed by atoms with van der Waals surface area (Å²) >= 11 is 6.40. The molecule has 2 aromatic rings. The van der Waals surface area contributed by atoms with Gasteiger partial charge in [0.25, 0.3) is 5.91 Å². The van der Waals surface area contributed by atoms with Gasteiger partial charge in [0.05, 0.1) is 16.1 Å². The van der Waals surface area contributed by atoms with Crippen molar-refractivity contribution in [2.24, 2.45) is 5.92 Å². The smallest absolute Gasteiger partial charge is 0.320 e. The molecule has 1 atom stereocenters. The van der Waals surface area contributed by atoms with Gasteiger partial charge in [0.1, 0.15) is 11.9 Å². The molecule has 8 heteroatoms. The van der Waals surface area contributed by atoms with Crippen molar-refractivity contribution in [1.29, 1.82) is 0 Å². The number of rotatable bonds is 7. The summed E-state index contributed by atoms with van der Waals surface area (Å²) in [5.74, 6) is 0.359.